The van der Waals surface area contributed by atoms with Gasteiger partial charge in [0.1, 0.15) is 18.0 Å². The van der Waals surface area contributed by atoms with Gasteiger partial charge in [0.05, 0.1) is 0 Å². The van der Waals surface area contributed by atoms with Crippen molar-refractivity contribution in [2.45, 2.75) is 32.1 Å². The van der Waals surface area contributed by atoms with E-state index >= 15 is 0 Å². The summed E-state index contributed by atoms with van der Waals surface area (Å²) in [6.07, 6.45) is 10.7. The average molecular weight is 243 g/mol. The van der Waals surface area contributed by atoms with Crippen LogP contribution in [0.1, 0.15) is 29.9 Å². The third-order valence-corrected chi connectivity index (χ3v) is 3.31. The first-order valence-corrected chi connectivity index (χ1v) is 6.48. The lowest BCUT2D eigenvalue weighted by molar-refractivity contribution is 0.811. The predicted molar refractivity (Wildman–Crippen MR) is 69.5 cm³/mol. The topological polar surface area (TPSA) is 66.5 Å². The molecule has 2 N–H and O–H groups in total. The van der Waals surface area contributed by atoms with Gasteiger partial charge in [-0.25, -0.2) is 15.0 Å². The number of aromatic amines is 1. The summed E-state index contributed by atoms with van der Waals surface area (Å²) in [6.45, 7) is 0.921. The molecular formula is C13H17N5. The second-order valence-electron chi connectivity index (χ2n) is 4.57. The number of nitrogens with one attached hydrogen (secondary N) is 2. The molecule has 3 rings (SSSR count). The molecule has 0 amide bonds. The van der Waals surface area contributed by atoms with Gasteiger partial charge in [-0.2, -0.15) is 0 Å². The van der Waals surface area contributed by atoms with Gasteiger partial charge in [0.15, 0.2) is 0 Å². The number of hydrogen-bond acceptors (Lipinski definition) is 4. The molecule has 2 heterocycles. The largest absolute Gasteiger partial charge is 0.370 e. The second kappa shape index (κ2) is 5.16. The van der Waals surface area contributed by atoms with E-state index in [4.69, 9.17) is 0 Å². The number of fused-ring (bicyclic) bond motifs is 1. The van der Waals surface area contributed by atoms with Gasteiger partial charge < -0.3 is 10.3 Å². The van der Waals surface area contributed by atoms with Crippen LogP contribution in [-0.4, -0.2) is 26.5 Å². The van der Waals surface area contributed by atoms with Crippen molar-refractivity contribution in [2.75, 3.05) is 11.9 Å². The molecule has 0 radical (unpaired) electrons. The molecule has 5 heteroatoms. The van der Waals surface area contributed by atoms with Gasteiger partial charge in [0, 0.05) is 36.6 Å². The maximum absolute atomic E-state index is 4.34. The van der Waals surface area contributed by atoms with Gasteiger partial charge in [-0.05, 0) is 25.7 Å². The average Bonchev–Trinajstić information content (AvgIpc) is 3.05. The summed E-state index contributed by atoms with van der Waals surface area (Å²) < 4.78 is 0. The van der Waals surface area contributed by atoms with Gasteiger partial charge in [-0.1, -0.05) is 0 Å². The molecule has 0 bridgehead atoms. The van der Waals surface area contributed by atoms with Gasteiger partial charge >= 0.3 is 0 Å². The molecule has 94 valence electrons. The van der Waals surface area contributed by atoms with E-state index in [9.17, 15) is 0 Å². The quantitative estimate of drug-likeness (QED) is 0.785. The van der Waals surface area contributed by atoms with E-state index in [0.717, 1.165) is 43.9 Å². The normalized spacial score (nSPS) is 13.6. The molecule has 0 aliphatic heterocycles. The molecule has 1 aliphatic rings. The Morgan fingerprint density at radius 3 is 3.11 bits per heavy atom. The smallest absolute Gasteiger partial charge is 0.132 e. The standard InChI is InChI=1S/C13H17N5/c1-3-10-11(4-1)17-9-18-13(10)16-6-2-5-12-14-7-8-15-12/h7-9H,1-6H2,(H,14,15)(H,16,17,18). The highest BCUT2D eigenvalue weighted by Crippen LogP contribution is 2.24. The Morgan fingerprint density at radius 1 is 1.22 bits per heavy atom. The fourth-order valence-corrected chi connectivity index (χ4v) is 2.41. The van der Waals surface area contributed by atoms with Crippen LogP contribution >= 0.6 is 0 Å². The van der Waals surface area contributed by atoms with Crippen LogP contribution in [0, 0.1) is 0 Å². The van der Waals surface area contributed by atoms with Gasteiger partial charge in [0.25, 0.3) is 0 Å². The molecular weight excluding hydrogens is 226 g/mol. The van der Waals surface area contributed by atoms with Crippen molar-refractivity contribution in [3.8, 4) is 0 Å². The summed E-state index contributed by atoms with van der Waals surface area (Å²) >= 11 is 0. The van der Waals surface area contributed by atoms with Gasteiger partial charge in [-0.3, -0.25) is 0 Å². The Hall–Kier alpha value is -1.91. The monoisotopic (exact) mass is 243 g/mol. The minimum absolute atomic E-state index is 0.921. The first-order chi connectivity index (χ1) is 8.93. The zero-order valence-electron chi connectivity index (χ0n) is 10.3. The van der Waals surface area contributed by atoms with Crippen molar-refractivity contribution in [1.29, 1.82) is 0 Å². The van der Waals surface area contributed by atoms with Crippen LogP contribution in [-0.2, 0) is 19.3 Å². The van der Waals surface area contributed by atoms with Crippen LogP contribution in [0.25, 0.3) is 0 Å². The van der Waals surface area contributed by atoms with Crippen LogP contribution in [0.5, 0.6) is 0 Å². The van der Waals surface area contributed by atoms with Crippen molar-refractivity contribution in [3.05, 3.63) is 35.8 Å². The van der Waals surface area contributed by atoms with E-state index in [1.165, 1.54) is 17.7 Å². The van der Waals surface area contributed by atoms with Gasteiger partial charge in [-0.15, -0.1) is 0 Å². The molecule has 0 saturated heterocycles. The summed E-state index contributed by atoms with van der Waals surface area (Å²) in [4.78, 5) is 16.0. The van der Waals surface area contributed by atoms with Crippen LogP contribution in [0.2, 0.25) is 0 Å². The Morgan fingerprint density at radius 2 is 2.22 bits per heavy atom. The summed E-state index contributed by atoms with van der Waals surface area (Å²) in [6, 6.07) is 0. The highest BCUT2D eigenvalue weighted by Gasteiger charge is 2.16. The highest BCUT2D eigenvalue weighted by atomic mass is 15.0. The maximum Gasteiger partial charge on any atom is 0.132 e. The molecule has 18 heavy (non-hydrogen) atoms. The highest BCUT2D eigenvalue weighted by molar-refractivity contribution is 5.47. The fourth-order valence-electron chi connectivity index (χ4n) is 2.41. The Bertz CT molecular complexity index is 506. The van der Waals surface area contributed by atoms with Crippen molar-refractivity contribution >= 4 is 5.82 Å². The van der Waals surface area contributed by atoms with Crippen molar-refractivity contribution in [1.82, 2.24) is 19.9 Å². The lowest BCUT2D eigenvalue weighted by Crippen LogP contribution is -2.08. The molecule has 0 spiro atoms. The van der Waals surface area contributed by atoms with E-state index in [0.29, 0.717) is 0 Å². The number of nitrogens with zero attached hydrogens (tertiary/aromatic N) is 3. The van der Waals surface area contributed by atoms with E-state index in [2.05, 4.69) is 25.3 Å². The van der Waals surface area contributed by atoms with E-state index in [-0.39, 0.29) is 0 Å². The predicted octanol–water partition coefficient (Wildman–Crippen LogP) is 1.73. The SMILES string of the molecule is c1c[nH]c(CCCNc2ncnc3c2CCC3)n1. The number of hydrogen-bond donors (Lipinski definition) is 2. The molecule has 0 aromatic carbocycles. The number of aromatic nitrogens is 4. The lowest BCUT2D eigenvalue weighted by atomic mass is 10.2. The molecule has 2 aromatic rings. The molecule has 1 aliphatic carbocycles. The number of imidazole rings is 1. The second-order valence-corrected chi connectivity index (χ2v) is 4.57. The van der Waals surface area contributed by atoms with Crippen molar-refractivity contribution < 1.29 is 0 Å². The minimum atomic E-state index is 0.921. The zero-order valence-corrected chi connectivity index (χ0v) is 10.3. The van der Waals surface area contributed by atoms with Crippen LogP contribution in [0.15, 0.2) is 18.7 Å². The third kappa shape index (κ3) is 2.34. The molecule has 0 saturated carbocycles. The number of H-pyrrole nitrogens is 1. The van der Waals surface area contributed by atoms with Crippen LogP contribution in [0.4, 0.5) is 5.82 Å². The summed E-state index contributed by atoms with van der Waals surface area (Å²) in [5, 5.41) is 3.41. The number of anilines is 1. The lowest BCUT2D eigenvalue weighted by Gasteiger charge is -2.08. The Balaban J connectivity index is 1.53. The summed E-state index contributed by atoms with van der Waals surface area (Å²) in [5.74, 6) is 2.07. The van der Waals surface area contributed by atoms with Gasteiger partial charge in [0.2, 0.25) is 0 Å². The first-order valence-electron chi connectivity index (χ1n) is 6.48. The molecule has 0 atom stereocenters. The Labute approximate surface area is 106 Å². The van der Waals surface area contributed by atoms with Crippen LogP contribution in [0.3, 0.4) is 0 Å². The summed E-state index contributed by atoms with van der Waals surface area (Å²) in [5.41, 5.74) is 2.54. The maximum atomic E-state index is 4.34. The van der Waals surface area contributed by atoms with Crippen molar-refractivity contribution in [2.24, 2.45) is 0 Å². The fraction of sp³-hybridized carbons (Fsp3) is 0.462. The number of aryl methyl sites for hydroxylation is 2. The minimum Gasteiger partial charge on any atom is -0.370 e. The van der Waals surface area contributed by atoms with E-state index in [1.807, 2.05) is 6.20 Å². The molecule has 0 unspecified atom stereocenters. The molecule has 0 fully saturated rings. The molecule has 5 nitrogen and oxygen atoms in total. The van der Waals surface area contributed by atoms with Crippen LogP contribution < -0.4 is 5.32 Å². The van der Waals surface area contributed by atoms with E-state index in [1.54, 1.807) is 12.5 Å². The molecule has 2 aromatic heterocycles. The summed E-state index contributed by atoms with van der Waals surface area (Å²) in [7, 11) is 0. The Kier molecular flexibility index (Phi) is 3.21. The number of rotatable bonds is 5. The third-order valence-electron chi connectivity index (χ3n) is 3.31. The van der Waals surface area contributed by atoms with Crippen molar-refractivity contribution in [3.63, 3.8) is 0 Å². The zero-order chi connectivity index (χ0) is 12.2. The van der Waals surface area contributed by atoms with E-state index < -0.39 is 0 Å². The first kappa shape index (κ1) is 11.2.